The van der Waals surface area contributed by atoms with Crippen LogP contribution in [0.15, 0.2) is 22.8 Å². The van der Waals surface area contributed by atoms with E-state index in [0.717, 1.165) is 31.4 Å². The Kier molecular flexibility index (Phi) is 5.69. The third-order valence-electron chi connectivity index (χ3n) is 3.77. The van der Waals surface area contributed by atoms with Crippen molar-refractivity contribution in [1.29, 1.82) is 0 Å². The molecular formula is C17H26N2O4. The van der Waals surface area contributed by atoms with Gasteiger partial charge < -0.3 is 19.4 Å². The van der Waals surface area contributed by atoms with Gasteiger partial charge in [0.15, 0.2) is 0 Å². The first-order valence-electron chi connectivity index (χ1n) is 8.14. The summed E-state index contributed by atoms with van der Waals surface area (Å²) in [6, 6.07) is 3.88. The summed E-state index contributed by atoms with van der Waals surface area (Å²) in [5.41, 5.74) is -0.577. The Morgan fingerprint density at radius 3 is 2.61 bits per heavy atom. The summed E-state index contributed by atoms with van der Waals surface area (Å²) in [6.07, 6.45) is 5.29. The van der Waals surface area contributed by atoms with E-state index >= 15 is 0 Å². The zero-order chi connectivity index (χ0) is 16.9. The molecule has 1 fully saturated rings. The zero-order valence-corrected chi connectivity index (χ0v) is 14.1. The third kappa shape index (κ3) is 5.62. The monoisotopic (exact) mass is 322 g/mol. The fraction of sp³-hybridized carbons (Fsp3) is 0.647. The molecule has 6 heteroatoms. The van der Waals surface area contributed by atoms with Gasteiger partial charge in [-0.05, 0) is 45.7 Å². The van der Waals surface area contributed by atoms with Gasteiger partial charge in [-0.15, -0.1) is 0 Å². The molecule has 1 aliphatic rings. The summed E-state index contributed by atoms with van der Waals surface area (Å²) in [6.45, 7) is 5.74. The van der Waals surface area contributed by atoms with Gasteiger partial charge in [0.1, 0.15) is 17.9 Å². The van der Waals surface area contributed by atoms with E-state index in [1.165, 1.54) is 0 Å². The Morgan fingerprint density at radius 1 is 1.35 bits per heavy atom. The molecule has 0 spiro atoms. The molecule has 0 aromatic carbocycles. The third-order valence-corrected chi connectivity index (χ3v) is 3.77. The molecule has 0 bridgehead atoms. The van der Waals surface area contributed by atoms with Gasteiger partial charge in [-0.1, -0.05) is 12.8 Å². The number of nitrogens with zero attached hydrogens (tertiary/aromatic N) is 1. The quantitative estimate of drug-likeness (QED) is 0.904. The zero-order valence-electron chi connectivity index (χ0n) is 14.1. The maximum Gasteiger partial charge on any atom is 0.408 e. The summed E-state index contributed by atoms with van der Waals surface area (Å²) in [5, 5.41) is 2.54. The van der Waals surface area contributed by atoms with E-state index in [-0.39, 0.29) is 18.5 Å². The number of nitrogens with one attached hydrogen (secondary N) is 1. The predicted molar refractivity (Wildman–Crippen MR) is 85.8 cm³/mol. The summed E-state index contributed by atoms with van der Waals surface area (Å²) in [4.78, 5) is 26.1. The van der Waals surface area contributed by atoms with E-state index in [9.17, 15) is 9.59 Å². The van der Waals surface area contributed by atoms with Gasteiger partial charge in [-0.3, -0.25) is 4.79 Å². The van der Waals surface area contributed by atoms with Crippen molar-refractivity contribution in [3.8, 4) is 0 Å². The molecule has 1 aromatic rings. The minimum absolute atomic E-state index is 0.0634. The number of furan rings is 1. The molecule has 1 aliphatic carbocycles. The first kappa shape index (κ1) is 17.4. The number of alkyl carbamates (subject to hydrolysis) is 1. The molecule has 1 N–H and O–H groups in total. The second-order valence-electron chi connectivity index (χ2n) is 6.89. The minimum atomic E-state index is -0.577. The number of carbonyl (C=O) groups is 2. The predicted octanol–water partition coefficient (Wildman–Crippen LogP) is 3.08. The molecule has 0 saturated heterocycles. The summed E-state index contributed by atoms with van der Waals surface area (Å²) < 4.78 is 10.5. The lowest BCUT2D eigenvalue weighted by Crippen LogP contribution is -2.45. The van der Waals surface area contributed by atoms with E-state index in [4.69, 9.17) is 9.15 Å². The Bertz CT molecular complexity index is 513. The first-order chi connectivity index (χ1) is 10.8. The average molecular weight is 322 g/mol. The number of ether oxygens (including phenoxy) is 1. The van der Waals surface area contributed by atoms with Crippen molar-refractivity contribution in [2.75, 3.05) is 6.54 Å². The van der Waals surface area contributed by atoms with Crippen LogP contribution >= 0.6 is 0 Å². The van der Waals surface area contributed by atoms with Crippen LogP contribution in [-0.4, -0.2) is 35.1 Å². The molecule has 2 rings (SSSR count). The maximum absolute atomic E-state index is 12.5. The van der Waals surface area contributed by atoms with Crippen molar-refractivity contribution in [3.05, 3.63) is 24.2 Å². The number of hydrogen-bond acceptors (Lipinski definition) is 4. The molecule has 6 nitrogen and oxygen atoms in total. The Labute approximate surface area is 137 Å². The number of rotatable bonds is 5. The summed E-state index contributed by atoms with van der Waals surface area (Å²) in [7, 11) is 0. The van der Waals surface area contributed by atoms with E-state index < -0.39 is 11.7 Å². The standard InChI is InChI=1S/C17H26N2O4/c1-17(2,3)23-16(21)18-11-15(20)19(13-7-4-5-8-13)12-14-9-6-10-22-14/h6,9-10,13H,4-5,7-8,11-12H2,1-3H3,(H,18,21). The van der Waals surface area contributed by atoms with Gasteiger partial charge in [0.05, 0.1) is 12.8 Å². The van der Waals surface area contributed by atoms with Gasteiger partial charge in [-0.25, -0.2) is 4.79 Å². The Morgan fingerprint density at radius 2 is 2.04 bits per heavy atom. The number of hydrogen-bond donors (Lipinski definition) is 1. The molecule has 1 heterocycles. The van der Waals surface area contributed by atoms with Crippen molar-refractivity contribution in [3.63, 3.8) is 0 Å². The SMILES string of the molecule is CC(C)(C)OC(=O)NCC(=O)N(Cc1ccco1)C1CCCC1. The number of carbonyl (C=O) groups excluding carboxylic acids is 2. The van der Waals surface area contributed by atoms with Crippen molar-refractivity contribution in [1.82, 2.24) is 10.2 Å². The topological polar surface area (TPSA) is 71.8 Å². The molecule has 0 radical (unpaired) electrons. The molecule has 0 aliphatic heterocycles. The Hall–Kier alpha value is -1.98. The molecule has 1 saturated carbocycles. The van der Waals surface area contributed by atoms with Gasteiger partial charge in [0, 0.05) is 6.04 Å². The maximum atomic E-state index is 12.5. The normalized spacial score (nSPS) is 15.4. The molecule has 1 aromatic heterocycles. The van der Waals surface area contributed by atoms with Gasteiger partial charge in [-0.2, -0.15) is 0 Å². The minimum Gasteiger partial charge on any atom is -0.467 e. The van der Waals surface area contributed by atoms with Crippen LogP contribution in [0.4, 0.5) is 4.79 Å². The largest absolute Gasteiger partial charge is 0.467 e. The van der Waals surface area contributed by atoms with E-state index in [0.29, 0.717) is 6.54 Å². The highest BCUT2D eigenvalue weighted by Gasteiger charge is 2.28. The summed E-state index contributed by atoms with van der Waals surface area (Å²) in [5.74, 6) is 0.640. The lowest BCUT2D eigenvalue weighted by molar-refractivity contribution is -0.133. The average Bonchev–Trinajstić information content (AvgIpc) is 3.13. The molecule has 0 atom stereocenters. The molecule has 0 unspecified atom stereocenters. The second kappa shape index (κ2) is 7.53. The van der Waals surface area contributed by atoms with Crippen molar-refractivity contribution >= 4 is 12.0 Å². The fourth-order valence-corrected chi connectivity index (χ4v) is 2.77. The van der Waals surface area contributed by atoms with Crippen LogP contribution in [0.1, 0.15) is 52.2 Å². The van der Waals surface area contributed by atoms with Crippen LogP contribution in [0.5, 0.6) is 0 Å². The van der Waals surface area contributed by atoms with Crippen LogP contribution in [-0.2, 0) is 16.1 Å². The smallest absolute Gasteiger partial charge is 0.408 e. The van der Waals surface area contributed by atoms with Crippen LogP contribution in [0.25, 0.3) is 0 Å². The number of amides is 2. The van der Waals surface area contributed by atoms with Gasteiger partial charge in [0.25, 0.3) is 0 Å². The van der Waals surface area contributed by atoms with Gasteiger partial charge >= 0.3 is 6.09 Å². The highest BCUT2D eigenvalue weighted by atomic mass is 16.6. The summed E-state index contributed by atoms with van der Waals surface area (Å²) >= 11 is 0. The second-order valence-corrected chi connectivity index (χ2v) is 6.89. The highest BCUT2D eigenvalue weighted by molar-refractivity contribution is 5.82. The molecule has 23 heavy (non-hydrogen) atoms. The van der Waals surface area contributed by atoms with Gasteiger partial charge in [0.2, 0.25) is 5.91 Å². The fourth-order valence-electron chi connectivity index (χ4n) is 2.77. The lowest BCUT2D eigenvalue weighted by atomic mass is 10.2. The lowest BCUT2D eigenvalue weighted by Gasteiger charge is -2.28. The van der Waals surface area contributed by atoms with E-state index in [1.807, 2.05) is 17.0 Å². The highest BCUT2D eigenvalue weighted by Crippen LogP contribution is 2.25. The molecule has 2 amide bonds. The van der Waals surface area contributed by atoms with E-state index in [1.54, 1.807) is 27.0 Å². The van der Waals surface area contributed by atoms with Crippen LogP contribution < -0.4 is 5.32 Å². The van der Waals surface area contributed by atoms with Crippen molar-refractivity contribution in [2.45, 2.75) is 64.6 Å². The van der Waals surface area contributed by atoms with Crippen molar-refractivity contribution in [2.24, 2.45) is 0 Å². The van der Waals surface area contributed by atoms with Crippen LogP contribution in [0.2, 0.25) is 0 Å². The van der Waals surface area contributed by atoms with Crippen LogP contribution in [0, 0.1) is 0 Å². The molecular weight excluding hydrogens is 296 g/mol. The van der Waals surface area contributed by atoms with Crippen LogP contribution in [0.3, 0.4) is 0 Å². The van der Waals surface area contributed by atoms with E-state index in [2.05, 4.69) is 5.32 Å². The Balaban J connectivity index is 1.92. The van der Waals surface area contributed by atoms with Crippen molar-refractivity contribution < 1.29 is 18.7 Å². The first-order valence-corrected chi connectivity index (χ1v) is 8.14. The molecule has 128 valence electrons.